The van der Waals surface area contributed by atoms with Crippen LogP contribution < -0.4 is 0 Å². The average Bonchev–Trinajstić information content (AvgIpc) is 2.41. The molecule has 92 valence electrons. The summed E-state index contributed by atoms with van der Waals surface area (Å²) < 4.78 is 4.61. The normalized spacial score (nSPS) is 17.5. The summed E-state index contributed by atoms with van der Waals surface area (Å²) >= 11 is 0. The molecule has 18 heavy (non-hydrogen) atoms. The largest absolute Gasteiger partial charge is 0.466 e. The van der Waals surface area contributed by atoms with Gasteiger partial charge in [-0.3, -0.25) is 4.79 Å². The Labute approximate surface area is 106 Å². The van der Waals surface area contributed by atoms with E-state index in [2.05, 4.69) is 4.74 Å². The van der Waals surface area contributed by atoms with Crippen LogP contribution in [0.5, 0.6) is 0 Å². The van der Waals surface area contributed by atoms with Gasteiger partial charge in [-0.25, -0.2) is 4.79 Å². The van der Waals surface area contributed by atoms with Gasteiger partial charge in [-0.05, 0) is 30.6 Å². The number of ketones is 1. The van der Waals surface area contributed by atoms with E-state index in [1.54, 1.807) is 0 Å². The summed E-state index contributed by atoms with van der Waals surface area (Å²) in [6.07, 6.45) is 4.38. The first kappa shape index (κ1) is 12.3. The lowest BCUT2D eigenvalue weighted by atomic mass is 9.92. The molecule has 0 N–H and O–H groups in total. The van der Waals surface area contributed by atoms with Gasteiger partial charge in [-0.1, -0.05) is 30.3 Å². The minimum Gasteiger partial charge on any atom is -0.466 e. The van der Waals surface area contributed by atoms with Crippen molar-refractivity contribution in [3.8, 4) is 0 Å². The van der Waals surface area contributed by atoms with Crippen molar-refractivity contribution in [1.29, 1.82) is 0 Å². The SMILES string of the molecule is COC(=O)C1=CC(=O)/C(=C\c2ccccc2)CC1. The van der Waals surface area contributed by atoms with Crippen molar-refractivity contribution in [2.24, 2.45) is 0 Å². The van der Waals surface area contributed by atoms with Gasteiger partial charge in [0.15, 0.2) is 5.78 Å². The fraction of sp³-hybridized carbons (Fsp3) is 0.200. The highest BCUT2D eigenvalue weighted by Gasteiger charge is 2.20. The van der Waals surface area contributed by atoms with E-state index in [-0.39, 0.29) is 5.78 Å². The van der Waals surface area contributed by atoms with Crippen LogP contribution in [0.3, 0.4) is 0 Å². The van der Waals surface area contributed by atoms with Gasteiger partial charge < -0.3 is 4.74 Å². The highest BCUT2D eigenvalue weighted by molar-refractivity contribution is 6.12. The van der Waals surface area contributed by atoms with Gasteiger partial charge in [-0.2, -0.15) is 0 Å². The molecule has 0 heterocycles. The molecular weight excluding hydrogens is 228 g/mol. The summed E-state index contributed by atoms with van der Waals surface area (Å²) in [6, 6.07) is 9.67. The predicted molar refractivity (Wildman–Crippen MR) is 68.8 cm³/mol. The van der Waals surface area contributed by atoms with Crippen LogP contribution in [-0.4, -0.2) is 18.9 Å². The number of hydrogen-bond acceptors (Lipinski definition) is 3. The monoisotopic (exact) mass is 242 g/mol. The molecule has 1 aromatic rings. The Morgan fingerprint density at radius 1 is 1.22 bits per heavy atom. The maximum absolute atomic E-state index is 11.9. The molecule has 0 bridgehead atoms. The first-order valence-electron chi connectivity index (χ1n) is 5.79. The number of allylic oxidation sites excluding steroid dienone is 2. The second-order valence-electron chi connectivity index (χ2n) is 4.11. The van der Waals surface area contributed by atoms with Crippen molar-refractivity contribution in [3.63, 3.8) is 0 Å². The van der Waals surface area contributed by atoms with Crippen molar-refractivity contribution >= 4 is 17.8 Å². The number of carbonyl (C=O) groups excluding carboxylic acids is 2. The molecule has 3 nitrogen and oxygen atoms in total. The highest BCUT2D eigenvalue weighted by Crippen LogP contribution is 2.23. The molecule has 0 saturated heterocycles. The molecule has 3 heteroatoms. The molecule has 0 aliphatic heterocycles. The lowest BCUT2D eigenvalue weighted by Gasteiger charge is -2.13. The molecule has 0 fully saturated rings. The van der Waals surface area contributed by atoms with E-state index in [0.29, 0.717) is 18.4 Å². The van der Waals surface area contributed by atoms with E-state index < -0.39 is 5.97 Å². The highest BCUT2D eigenvalue weighted by atomic mass is 16.5. The molecule has 0 saturated carbocycles. The average molecular weight is 242 g/mol. The van der Waals surface area contributed by atoms with Gasteiger partial charge in [0.05, 0.1) is 7.11 Å². The van der Waals surface area contributed by atoms with Crippen LogP contribution in [0, 0.1) is 0 Å². The molecule has 0 aromatic heterocycles. The fourth-order valence-electron chi connectivity index (χ4n) is 1.90. The number of benzene rings is 1. The summed E-state index contributed by atoms with van der Waals surface area (Å²) in [5.41, 5.74) is 2.18. The predicted octanol–water partition coefficient (Wildman–Crippen LogP) is 2.53. The molecule has 1 aliphatic carbocycles. The zero-order valence-electron chi connectivity index (χ0n) is 10.2. The van der Waals surface area contributed by atoms with Crippen molar-refractivity contribution in [2.45, 2.75) is 12.8 Å². The number of rotatable bonds is 2. The molecule has 2 rings (SSSR count). The smallest absolute Gasteiger partial charge is 0.333 e. The zero-order valence-corrected chi connectivity index (χ0v) is 10.2. The van der Waals surface area contributed by atoms with E-state index in [9.17, 15) is 9.59 Å². The minimum absolute atomic E-state index is 0.106. The van der Waals surface area contributed by atoms with Gasteiger partial charge in [0.25, 0.3) is 0 Å². The third kappa shape index (κ3) is 2.74. The second kappa shape index (κ2) is 5.45. The first-order valence-corrected chi connectivity index (χ1v) is 5.79. The third-order valence-corrected chi connectivity index (χ3v) is 2.87. The van der Waals surface area contributed by atoms with Gasteiger partial charge in [0.1, 0.15) is 0 Å². The molecular formula is C15H14O3. The van der Waals surface area contributed by atoms with Crippen LogP contribution in [0.4, 0.5) is 0 Å². The molecule has 0 unspecified atom stereocenters. The van der Waals surface area contributed by atoms with Gasteiger partial charge in [-0.15, -0.1) is 0 Å². The van der Waals surface area contributed by atoms with E-state index in [4.69, 9.17) is 0 Å². The number of methoxy groups -OCH3 is 1. The van der Waals surface area contributed by atoms with Gasteiger partial charge in [0, 0.05) is 11.1 Å². The summed E-state index contributed by atoms with van der Waals surface area (Å²) in [5, 5.41) is 0. The Morgan fingerprint density at radius 3 is 2.56 bits per heavy atom. The molecule has 1 aromatic carbocycles. The van der Waals surface area contributed by atoms with E-state index in [1.165, 1.54) is 13.2 Å². The lowest BCUT2D eigenvalue weighted by Crippen LogP contribution is -2.14. The van der Waals surface area contributed by atoms with Crippen LogP contribution in [0.1, 0.15) is 18.4 Å². The third-order valence-electron chi connectivity index (χ3n) is 2.87. The Kier molecular flexibility index (Phi) is 3.72. The molecule has 0 radical (unpaired) electrons. The van der Waals surface area contributed by atoms with Crippen LogP contribution in [0.25, 0.3) is 6.08 Å². The first-order chi connectivity index (χ1) is 8.70. The van der Waals surface area contributed by atoms with E-state index >= 15 is 0 Å². The maximum atomic E-state index is 11.9. The van der Waals surface area contributed by atoms with Crippen molar-refractivity contribution in [1.82, 2.24) is 0 Å². The summed E-state index contributed by atoms with van der Waals surface area (Å²) in [5.74, 6) is -0.521. The number of hydrogen-bond donors (Lipinski definition) is 0. The molecule has 0 atom stereocenters. The summed E-state index contributed by atoms with van der Waals surface area (Å²) in [7, 11) is 1.32. The standard InChI is InChI=1S/C15H14O3/c1-18-15(17)13-8-7-12(14(16)10-13)9-11-5-3-2-4-6-11/h2-6,9-10H,7-8H2,1H3/b12-9-. The number of esters is 1. The second-order valence-corrected chi connectivity index (χ2v) is 4.11. The molecule has 1 aliphatic rings. The maximum Gasteiger partial charge on any atom is 0.333 e. The molecule has 0 spiro atoms. The van der Waals surface area contributed by atoms with Crippen molar-refractivity contribution < 1.29 is 14.3 Å². The Morgan fingerprint density at radius 2 is 1.94 bits per heavy atom. The quantitative estimate of drug-likeness (QED) is 0.591. The van der Waals surface area contributed by atoms with Crippen molar-refractivity contribution in [3.05, 3.63) is 53.1 Å². The Balaban J connectivity index is 2.20. The summed E-state index contributed by atoms with van der Waals surface area (Å²) in [6.45, 7) is 0. The topological polar surface area (TPSA) is 43.4 Å². The van der Waals surface area contributed by atoms with Crippen LogP contribution in [0.2, 0.25) is 0 Å². The van der Waals surface area contributed by atoms with Gasteiger partial charge >= 0.3 is 5.97 Å². The van der Waals surface area contributed by atoms with E-state index in [0.717, 1.165) is 11.1 Å². The van der Waals surface area contributed by atoms with E-state index in [1.807, 2.05) is 36.4 Å². The summed E-state index contributed by atoms with van der Waals surface area (Å²) in [4.78, 5) is 23.2. The van der Waals surface area contributed by atoms with Crippen LogP contribution >= 0.6 is 0 Å². The fourth-order valence-corrected chi connectivity index (χ4v) is 1.90. The Bertz CT molecular complexity index is 524. The number of carbonyl (C=O) groups is 2. The lowest BCUT2D eigenvalue weighted by molar-refractivity contribution is -0.136. The van der Waals surface area contributed by atoms with Crippen LogP contribution in [-0.2, 0) is 14.3 Å². The minimum atomic E-state index is -0.415. The van der Waals surface area contributed by atoms with Crippen molar-refractivity contribution in [2.75, 3.05) is 7.11 Å². The molecule has 0 amide bonds. The zero-order chi connectivity index (χ0) is 13.0. The van der Waals surface area contributed by atoms with Gasteiger partial charge in [0.2, 0.25) is 0 Å². The number of ether oxygens (including phenoxy) is 1. The Hall–Kier alpha value is -2.16. The van der Waals surface area contributed by atoms with Crippen LogP contribution in [0.15, 0.2) is 47.6 Å².